The van der Waals surface area contributed by atoms with Crippen molar-refractivity contribution in [3.8, 4) is 0 Å². The maximum absolute atomic E-state index is 2.83. The van der Waals surface area contributed by atoms with E-state index in [-0.39, 0.29) is 6.04 Å². The Kier molecular flexibility index (Phi) is 7.53. The highest BCUT2D eigenvalue weighted by molar-refractivity contribution is 5.76. The lowest BCUT2D eigenvalue weighted by atomic mass is 9.63. The third-order valence-corrected chi connectivity index (χ3v) is 9.90. The second-order valence-corrected chi connectivity index (χ2v) is 13.3. The van der Waals surface area contributed by atoms with Gasteiger partial charge in [-0.15, -0.1) is 0 Å². The van der Waals surface area contributed by atoms with Crippen LogP contribution in [0, 0.1) is 11.3 Å². The Morgan fingerprint density at radius 1 is 0.581 bits per heavy atom. The zero-order chi connectivity index (χ0) is 29.2. The van der Waals surface area contributed by atoms with Gasteiger partial charge in [-0.25, -0.2) is 0 Å². The Morgan fingerprint density at radius 3 is 1.67 bits per heavy atom. The average Bonchev–Trinajstić information content (AvgIpc) is 3.06. The first-order chi connectivity index (χ1) is 21.1. The molecular formula is C41H42N2. The van der Waals surface area contributed by atoms with Crippen molar-refractivity contribution in [2.45, 2.75) is 57.5 Å². The topological polar surface area (TPSA) is 6.48 Å². The molecular weight excluding hydrogens is 520 g/mol. The van der Waals surface area contributed by atoms with E-state index < -0.39 is 0 Å². The van der Waals surface area contributed by atoms with Crippen molar-refractivity contribution in [2.75, 3.05) is 9.80 Å². The predicted octanol–water partition coefficient (Wildman–Crippen LogP) is 11.1. The van der Waals surface area contributed by atoms with Crippen molar-refractivity contribution in [3.63, 3.8) is 0 Å². The Hall–Kier alpha value is -4.30. The van der Waals surface area contributed by atoms with E-state index in [1.807, 2.05) is 0 Å². The Labute approximate surface area is 257 Å². The number of piperidine rings is 1. The summed E-state index contributed by atoms with van der Waals surface area (Å²) in [5.41, 5.74) is 8.06. The van der Waals surface area contributed by atoms with Crippen molar-refractivity contribution in [1.82, 2.24) is 0 Å². The molecule has 4 atom stereocenters. The molecule has 5 aromatic rings. The van der Waals surface area contributed by atoms with E-state index in [0.717, 1.165) is 0 Å². The van der Waals surface area contributed by atoms with E-state index in [0.29, 0.717) is 23.3 Å². The second-order valence-electron chi connectivity index (χ2n) is 13.3. The van der Waals surface area contributed by atoms with Gasteiger partial charge in [0.1, 0.15) is 0 Å². The molecule has 1 aliphatic carbocycles. The Bertz CT molecular complexity index is 1560. The predicted molar refractivity (Wildman–Crippen MR) is 181 cm³/mol. The maximum atomic E-state index is 2.83. The number of fused-ring (bicyclic) bond motifs is 1. The normalized spacial score (nSPS) is 22.9. The lowest BCUT2D eigenvalue weighted by Gasteiger charge is -2.56. The van der Waals surface area contributed by atoms with Gasteiger partial charge in [-0.05, 0) is 96.7 Å². The third-order valence-electron chi connectivity index (χ3n) is 9.90. The van der Waals surface area contributed by atoms with Gasteiger partial charge in [-0.3, -0.25) is 0 Å². The SMILES string of the molecule is CC1(C)CCC2CC(c3ccccc3)C(c3ccc(N(c4ccccc4)c4ccccc4)cc3)N(c3ccccc3)C2C1. The van der Waals surface area contributed by atoms with Crippen molar-refractivity contribution in [1.29, 1.82) is 0 Å². The molecule has 1 saturated carbocycles. The van der Waals surface area contributed by atoms with E-state index in [1.165, 1.54) is 59.6 Å². The molecule has 2 aliphatic rings. The van der Waals surface area contributed by atoms with Crippen LogP contribution in [-0.2, 0) is 0 Å². The summed E-state index contributed by atoms with van der Waals surface area (Å²) in [6.07, 6.45) is 5.09. The minimum absolute atomic E-state index is 0.260. The molecule has 0 spiro atoms. The molecule has 2 nitrogen and oxygen atoms in total. The third kappa shape index (κ3) is 5.59. The lowest BCUT2D eigenvalue weighted by molar-refractivity contribution is 0.112. The minimum atomic E-state index is 0.260. The quantitative estimate of drug-likeness (QED) is 0.203. The Balaban J connectivity index is 1.34. The van der Waals surface area contributed by atoms with Gasteiger partial charge in [0.15, 0.2) is 0 Å². The van der Waals surface area contributed by atoms with Crippen LogP contribution in [0.3, 0.4) is 0 Å². The molecule has 43 heavy (non-hydrogen) atoms. The molecule has 216 valence electrons. The Morgan fingerprint density at radius 2 is 1.09 bits per heavy atom. The number of hydrogen-bond acceptors (Lipinski definition) is 2. The fraction of sp³-hybridized carbons (Fsp3) is 0.268. The summed E-state index contributed by atoms with van der Waals surface area (Å²) in [6, 6.07) is 54.2. The highest BCUT2D eigenvalue weighted by Crippen LogP contribution is 2.55. The van der Waals surface area contributed by atoms with Crippen LogP contribution in [0.5, 0.6) is 0 Å². The average molecular weight is 563 g/mol. The van der Waals surface area contributed by atoms with Crippen LogP contribution in [0.4, 0.5) is 22.7 Å². The van der Waals surface area contributed by atoms with Crippen molar-refractivity contribution >= 4 is 22.7 Å². The van der Waals surface area contributed by atoms with Crippen LogP contribution in [0.1, 0.15) is 62.6 Å². The molecule has 1 heterocycles. The molecule has 4 unspecified atom stereocenters. The molecule has 1 aliphatic heterocycles. The summed E-state index contributed by atoms with van der Waals surface area (Å²) in [5, 5.41) is 0. The fourth-order valence-corrected chi connectivity index (χ4v) is 7.84. The van der Waals surface area contributed by atoms with Gasteiger partial charge in [-0.2, -0.15) is 0 Å². The number of para-hydroxylation sites is 3. The van der Waals surface area contributed by atoms with E-state index in [9.17, 15) is 0 Å². The molecule has 5 aromatic carbocycles. The van der Waals surface area contributed by atoms with Gasteiger partial charge in [0.2, 0.25) is 0 Å². The zero-order valence-corrected chi connectivity index (χ0v) is 25.4. The number of benzene rings is 5. The van der Waals surface area contributed by atoms with E-state index >= 15 is 0 Å². The largest absolute Gasteiger partial charge is 0.361 e. The molecule has 7 rings (SSSR count). The van der Waals surface area contributed by atoms with Crippen molar-refractivity contribution in [2.24, 2.45) is 11.3 Å². The first-order valence-corrected chi connectivity index (χ1v) is 16.0. The maximum Gasteiger partial charge on any atom is 0.0614 e. The number of hydrogen-bond donors (Lipinski definition) is 0. The van der Waals surface area contributed by atoms with Gasteiger partial charge >= 0.3 is 0 Å². The minimum Gasteiger partial charge on any atom is -0.361 e. The zero-order valence-electron chi connectivity index (χ0n) is 25.4. The number of rotatable bonds is 6. The van der Waals surface area contributed by atoms with Gasteiger partial charge < -0.3 is 9.80 Å². The van der Waals surface area contributed by atoms with Gasteiger partial charge in [0, 0.05) is 34.7 Å². The molecule has 1 saturated heterocycles. The highest BCUT2D eigenvalue weighted by Gasteiger charge is 2.48. The van der Waals surface area contributed by atoms with Crippen molar-refractivity contribution in [3.05, 3.63) is 157 Å². The second kappa shape index (κ2) is 11.8. The number of nitrogens with zero attached hydrogens (tertiary/aromatic N) is 2. The standard InChI is InChI=1S/C41H42N2/c1-41(2)28-27-33-29-38(31-15-7-3-8-16-31)40(43(39(33)30-41)36-21-13-6-14-22-36)32-23-25-37(26-24-32)42(34-17-9-4-10-18-34)35-19-11-5-12-20-35/h3-26,33,38-40H,27-30H2,1-2H3. The van der Waals surface area contributed by atoms with Crippen LogP contribution in [-0.4, -0.2) is 6.04 Å². The van der Waals surface area contributed by atoms with Crippen molar-refractivity contribution < 1.29 is 0 Å². The summed E-state index contributed by atoms with van der Waals surface area (Å²) in [7, 11) is 0. The molecule has 0 amide bonds. The lowest BCUT2D eigenvalue weighted by Crippen LogP contribution is -2.53. The first-order valence-electron chi connectivity index (χ1n) is 16.0. The van der Waals surface area contributed by atoms with Crippen LogP contribution in [0.25, 0.3) is 0 Å². The summed E-state index contributed by atoms with van der Waals surface area (Å²) < 4.78 is 0. The summed E-state index contributed by atoms with van der Waals surface area (Å²) in [6.45, 7) is 4.95. The van der Waals surface area contributed by atoms with Crippen LogP contribution < -0.4 is 9.80 Å². The van der Waals surface area contributed by atoms with Gasteiger partial charge in [0.05, 0.1) is 6.04 Å². The van der Waals surface area contributed by atoms with E-state index in [1.54, 1.807) is 0 Å². The summed E-state index contributed by atoms with van der Waals surface area (Å²) in [5.74, 6) is 1.12. The smallest absolute Gasteiger partial charge is 0.0614 e. The van der Waals surface area contributed by atoms with Crippen LogP contribution in [0.2, 0.25) is 0 Å². The monoisotopic (exact) mass is 562 g/mol. The molecule has 2 fully saturated rings. The molecule has 0 N–H and O–H groups in total. The number of anilines is 4. The molecule has 2 heteroatoms. The van der Waals surface area contributed by atoms with Crippen LogP contribution >= 0.6 is 0 Å². The fourth-order valence-electron chi connectivity index (χ4n) is 7.84. The first kappa shape index (κ1) is 27.5. The van der Waals surface area contributed by atoms with Gasteiger partial charge in [-0.1, -0.05) is 111 Å². The van der Waals surface area contributed by atoms with Crippen LogP contribution in [0.15, 0.2) is 146 Å². The molecule has 0 radical (unpaired) electrons. The van der Waals surface area contributed by atoms with E-state index in [4.69, 9.17) is 0 Å². The molecule has 0 aromatic heterocycles. The van der Waals surface area contributed by atoms with E-state index in [2.05, 4.69) is 169 Å². The highest BCUT2D eigenvalue weighted by atomic mass is 15.2. The molecule has 0 bridgehead atoms. The summed E-state index contributed by atoms with van der Waals surface area (Å²) >= 11 is 0. The summed E-state index contributed by atoms with van der Waals surface area (Å²) in [4.78, 5) is 5.18. The van der Waals surface area contributed by atoms with Gasteiger partial charge in [0.25, 0.3) is 0 Å².